The molecule has 102 valence electrons. The van der Waals surface area contributed by atoms with E-state index in [-0.39, 0.29) is 12.0 Å². The van der Waals surface area contributed by atoms with E-state index < -0.39 is 0 Å². The van der Waals surface area contributed by atoms with Crippen LogP contribution >= 0.6 is 0 Å². The van der Waals surface area contributed by atoms with E-state index in [0.29, 0.717) is 5.92 Å². The molecule has 0 saturated heterocycles. The van der Waals surface area contributed by atoms with Crippen molar-refractivity contribution < 1.29 is 9.53 Å². The molecule has 3 saturated carbocycles. The van der Waals surface area contributed by atoms with Crippen molar-refractivity contribution in [2.75, 3.05) is 20.7 Å². The summed E-state index contributed by atoms with van der Waals surface area (Å²) in [6.07, 6.45) is 8.11. The minimum absolute atomic E-state index is 0.0223. The molecule has 0 amide bonds. The molecule has 0 aliphatic heterocycles. The molecule has 3 aliphatic carbocycles. The lowest BCUT2D eigenvalue weighted by Gasteiger charge is -2.31. The Kier molecular flexibility index (Phi) is 3.35. The van der Waals surface area contributed by atoms with Crippen LogP contribution < -0.4 is 0 Å². The lowest BCUT2D eigenvalue weighted by Crippen LogP contribution is -2.44. The van der Waals surface area contributed by atoms with E-state index in [2.05, 4.69) is 11.9 Å². The van der Waals surface area contributed by atoms with Crippen molar-refractivity contribution in [2.24, 2.45) is 23.7 Å². The van der Waals surface area contributed by atoms with Crippen LogP contribution in [0.2, 0.25) is 0 Å². The first-order chi connectivity index (χ1) is 8.69. The number of rotatable bonds is 5. The van der Waals surface area contributed by atoms with Crippen LogP contribution in [0.5, 0.6) is 0 Å². The van der Waals surface area contributed by atoms with E-state index in [9.17, 15) is 4.79 Å². The number of likely N-dealkylation sites (N-methyl/N-ethyl adjacent to an activating group) is 1. The maximum Gasteiger partial charge on any atom is 0.323 e. The van der Waals surface area contributed by atoms with Gasteiger partial charge in [-0.25, -0.2) is 0 Å². The Bertz CT molecular complexity index is 326. The number of esters is 1. The highest BCUT2D eigenvalue weighted by molar-refractivity contribution is 5.76. The van der Waals surface area contributed by atoms with Crippen LogP contribution in [-0.4, -0.2) is 37.6 Å². The molecule has 0 radical (unpaired) electrons. The Balaban J connectivity index is 1.59. The van der Waals surface area contributed by atoms with Gasteiger partial charge >= 0.3 is 5.97 Å². The number of methoxy groups -OCH3 is 1. The van der Waals surface area contributed by atoms with Crippen molar-refractivity contribution in [1.29, 1.82) is 0 Å². The highest BCUT2D eigenvalue weighted by Gasteiger charge is 2.44. The summed E-state index contributed by atoms with van der Waals surface area (Å²) in [5, 5.41) is 0. The molecule has 3 rings (SSSR count). The van der Waals surface area contributed by atoms with Crippen LogP contribution in [0.25, 0.3) is 0 Å². The van der Waals surface area contributed by atoms with Gasteiger partial charge in [0.25, 0.3) is 0 Å². The number of hydrogen-bond donors (Lipinski definition) is 0. The summed E-state index contributed by atoms with van der Waals surface area (Å²) in [6, 6.07) is 0.0223. The summed E-state index contributed by atoms with van der Waals surface area (Å²) < 4.78 is 4.98. The Hall–Kier alpha value is -0.570. The van der Waals surface area contributed by atoms with Gasteiger partial charge in [-0.1, -0.05) is 6.42 Å². The molecule has 0 aromatic rings. The molecule has 0 spiro atoms. The van der Waals surface area contributed by atoms with Gasteiger partial charge in [-0.2, -0.15) is 0 Å². The number of nitrogens with zero attached hydrogens (tertiary/aromatic N) is 1. The number of ether oxygens (including phenoxy) is 1. The Morgan fingerprint density at radius 2 is 2.06 bits per heavy atom. The highest BCUT2D eigenvalue weighted by Crippen LogP contribution is 2.48. The normalized spacial score (nSPS) is 36.1. The van der Waals surface area contributed by atoms with Crippen LogP contribution in [0.1, 0.15) is 38.5 Å². The summed E-state index contributed by atoms with van der Waals surface area (Å²) >= 11 is 0. The minimum atomic E-state index is -0.0249. The number of carbonyl (C=O) groups excluding carboxylic acids is 1. The fraction of sp³-hybridized carbons (Fsp3) is 0.933. The summed E-state index contributed by atoms with van der Waals surface area (Å²) in [7, 11) is 3.63. The first kappa shape index (κ1) is 12.5. The predicted molar refractivity (Wildman–Crippen MR) is 70.1 cm³/mol. The van der Waals surface area contributed by atoms with Gasteiger partial charge in [0.05, 0.1) is 7.11 Å². The SMILES string of the molecule is COC(=O)C(C1CC1)N(C)CC1CC2CCC1C2. The highest BCUT2D eigenvalue weighted by atomic mass is 16.5. The largest absolute Gasteiger partial charge is 0.468 e. The molecule has 0 aromatic heterocycles. The zero-order valence-corrected chi connectivity index (χ0v) is 11.6. The van der Waals surface area contributed by atoms with Gasteiger partial charge in [0.2, 0.25) is 0 Å². The molecule has 4 atom stereocenters. The van der Waals surface area contributed by atoms with Crippen molar-refractivity contribution in [3.8, 4) is 0 Å². The maximum atomic E-state index is 11.9. The van der Waals surface area contributed by atoms with Crippen LogP contribution in [0, 0.1) is 23.7 Å². The van der Waals surface area contributed by atoms with Gasteiger partial charge in [-0.05, 0) is 62.8 Å². The first-order valence-corrected chi connectivity index (χ1v) is 7.47. The summed E-state index contributed by atoms with van der Waals surface area (Å²) in [5.74, 6) is 3.30. The van der Waals surface area contributed by atoms with E-state index in [4.69, 9.17) is 4.74 Å². The predicted octanol–water partition coefficient (Wildman–Crippen LogP) is 2.31. The van der Waals surface area contributed by atoms with Gasteiger partial charge in [0.1, 0.15) is 6.04 Å². The van der Waals surface area contributed by atoms with Gasteiger partial charge in [0.15, 0.2) is 0 Å². The molecular weight excluding hydrogens is 226 g/mol. The molecule has 0 heterocycles. The molecule has 0 N–H and O–H groups in total. The van der Waals surface area contributed by atoms with Gasteiger partial charge in [0, 0.05) is 6.54 Å². The molecule has 3 aliphatic rings. The molecule has 3 heteroatoms. The third-order valence-electron chi connectivity index (χ3n) is 5.39. The van der Waals surface area contributed by atoms with Crippen molar-refractivity contribution in [3.63, 3.8) is 0 Å². The monoisotopic (exact) mass is 251 g/mol. The van der Waals surface area contributed by atoms with Crippen molar-refractivity contribution >= 4 is 5.97 Å². The van der Waals surface area contributed by atoms with E-state index in [1.807, 2.05) is 0 Å². The third kappa shape index (κ3) is 2.29. The topological polar surface area (TPSA) is 29.5 Å². The Labute approximate surface area is 110 Å². The molecule has 3 nitrogen and oxygen atoms in total. The van der Waals surface area contributed by atoms with Gasteiger partial charge in [-0.3, -0.25) is 9.69 Å². The lowest BCUT2D eigenvalue weighted by atomic mass is 9.88. The Morgan fingerprint density at radius 1 is 1.28 bits per heavy atom. The fourth-order valence-corrected chi connectivity index (χ4v) is 4.35. The second-order valence-corrected chi connectivity index (χ2v) is 6.68. The third-order valence-corrected chi connectivity index (χ3v) is 5.39. The van der Waals surface area contributed by atoms with Crippen LogP contribution in [0.4, 0.5) is 0 Å². The quantitative estimate of drug-likeness (QED) is 0.702. The molecule has 3 fully saturated rings. The van der Waals surface area contributed by atoms with Crippen LogP contribution in [0.3, 0.4) is 0 Å². The van der Waals surface area contributed by atoms with Gasteiger partial charge < -0.3 is 4.74 Å². The maximum absolute atomic E-state index is 11.9. The zero-order valence-electron chi connectivity index (χ0n) is 11.6. The lowest BCUT2D eigenvalue weighted by molar-refractivity contribution is -0.147. The standard InChI is InChI=1S/C15H25NO2/c1-16(14(11-5-6-11)15(17)18-2)9-13-8-10-3-4-12(13)7-10/h10-14H,3-9H2,1-2H3. The number of hydrogen-bond acceptors (Lipinski definition) is 3. The van der Waals surface area contributed by atoms with Crippen LogP contribution in [0.15, 0.2) is 0 Å². The summed E-state index contributed by atoms with van der Waals surface area (Å²) in [4.78, 5) is 14.2. The number of fused-ring (bicyclic) bond motifs is 2. The second-order valence-electron chi connectivity index (χ2n) is 6.68. The van der Waals surface area contributed by atoms with E-state index in [1.165, 1.54) is 45.6 Å². The zero-order chi connectivity index (χ0) is 12.7. The molecule has 4 unspecified atom stereocenters. The fourth-order valence-electron chi connectivity index (χ4n) is 4.35. The molecule has 0 aromatic carbocycles. The molecule has 18 heavy (non-hydrogen) atoms. The Morgan fingerprint density at radius 3 is 2.56 bits per heavy atom. The van der Waals surface area contributed by atoms with E-state index in [1.54, 1.807) is 0 Å². The smallest absolute Gasteiger partial charge is 0.323 e. The average Bonchev–Trinajstić information content (AvgIpc) is 2.96. The summed E-state index contributed by atoms with van der Waals surface area (Å²) in [6.45, 7) is 1.09. The second kappa shape index (κ2) is 4.84. The van der Waals surface area contributed by atoms with E-state index in [0.717, 1.165) is 24.3 Å². The first-order valence-electron chi connectivity index (χ1n) is 7.47. The number of carbonyl (C=O) groups is 1. The van der Waals surface area contributed by atoms with Gasteiger partial charge in [-0.15, -0.1) is 0 Å². The van der Waals surface area contributed by atoms with Crippen molar-refractivity contribution in [2.45, 2.75) is 44.6 Å². The van der Waals surface area contributed by atoms with E-state index >= 15 is 0 Å². The van der Waals surface area contributed by atoms with Crippen molar-refractivity contribution in [1.82, 2.24) is 4.90 Å². The minimum Gasteiger partial charge on any atom is -0.468 e. The summed E-state index contributed by atoms with van der Waals surface area (Å²) in [5.41, 5.74) is 0. The van der Waals surface area contributed by atoms with Crippen molar-refractivity contribution in [3.05, 3.63) is 0 Å². The molecule has 2 bridgehead atoms. The average molecular weight is 251 g/mol. The molecular formula is C15H25NO2. The van der Waals surface area contributed by atoms with Crippen LogP contribution in [-0.2, 0) is 9.53 Å².